The van der Waals surface area contributed by atoms with Gasteiger partial charge in [0.25, 0.3) is 5.91 Å². The number of phenolic OH excluding ortho intramolecular Hbond substituents is 1. The van der Waals surface area contributed by atoms with Crippen molar-refractivity contribution >= 4 is 17.5 Å². The van der Waals surface area contributed by atoms with Gasteiger partial charge in [-0.05, 0) is 42.0 Å². The number of halogens is 1. The number of amides is 1. The Kier molecular flexibility index (Phi) is 4.63. The zero-order chi connectivity index (χ0) is 24.5. The fourth-order valence-electron chi connectivity index (χ4n) is 5.47. The smallest absolute Gasteiger partial charge is 0.255 e. The number of hydrogen-bond acceptors (Lipinski definition) is 8. The van der Waals surface area contributed by atoms with E-state index < -0.39 is 63.6 Å². The Bertz CT molecular complexity index is 1380. The molecule has 174 valence electrons. The average molecular weight is 466 g/mol. The van der Waals surface area contributed by atoms with E-state index in [0.29, 0.717) is 11.1 Å². The molecule has 0 bridgehead atoms. The molecule has 5 rings (SSSR count). The van der Waals surface area contributed by atoms with Crippen molar-refractivity contribution in [1.82, 2.24) is 4.98 Å². The number of benzene rings is 1. The second-order valence-corrected chi connectivity index (χ2v) is 8.75. The lowest BCUT2D eigenvalue weighted by atomic mass is 9.60. The summed E-state index contributed by atoms with van der Waals surface area (Å²) >= 11 is 0. The number of ketones is 2. The van der Waals surface area contributed by atoms with Gasteiger partial charge in [-0.25, -0.2) is 4.39 Å². The van der Waals surface area contributed by atoms with Crippen molar-refractivity contribution in [3.8, 4) is 16.9 Å². The van der Waals surface area contributed by atoms with E-state index >= 15 is 0 Å². The normalized spacial score (nSPS) is 26.2. The number of aliphatic hydroxyl groups excluding tert-OH is 2. The summed E-state index contributed by atoms with van der Waals surface area (Å²) in [6.45, 7) is 0. The molecule has 3 aliphatic rings. The maximum Gasteiger partial charge on any atom is 0.255 e. The lowest BCUT2D eigenvalue weighted by molar-refractivity contribution is -0.144. The van der Waals surface area contributed by atoms with E-state index in [4.69, 9.17) is 5.73 Å². The maximum atomic E-state index is 14.5. The number of allylic oxidation sites excluding steroid dienone is 2. The third-order valence-corrected chi connectivity index (χ3v) is 7.01. The predicted octanol–water partition coefficient (Wildman–Crippen LogP) is 1.78. The minimum Gasteiger partial charge on any atom is -0.511 e. The maximum absolute atomic E-state index is 14.5. The van der Waals surface area contributed by atoms with Crippen LogP contribution < -0.4 is 5.73 Å². The molecular weight excluding hydrogens is 447 g/mol. The molecule has 3 aliphatic carbocycles. The molecule has 0 saturated heterocycles. The highest BCUT2D eigenvalue weighted by atomic mass is 19.1. The first-order valence-electron chi connectivity index (χ1n) is 10.5. The first-order chi connectivity index (χ1) is 16.1. The van der Waals surface area contributed by atoms with E-state index in [1.165, 1.54) is 24.4 Å². The van der Waals surface area contributed by atoms with E-state index in [9.17, 15) is 39.2 Å². The van der Waals surface area contributed by atoms with Crippen LogP contribution in [0.25, 0.3) is 11.1 Å². The monoisotopic (exact) mass is 466 g/mol. The second kappa shape index (κ2) is 7.22. The number of carbonyl (C=O) groups excluding carboxylic acids is 3. The quantitative estimate of drug-likeness (QED) is 0.417. The van der Waals surface area contributed by atoms with Gasteiger partial charge in [0.2, 0.25) is 5.78 Å². The van der Waals surface area contributed by atoms with Crippen LogP contribution in [0, 0.1) is 17.7 Å². The molecule has 2 aromatic rings. The van der Waals surface area contributed by atoms with Crippen LogP contribution in [-0.4, -0.2) is 48.5 Å². The molecule has 0 saturated carbocycles. The third-order valence-electron chi connectivity index (χ3n) is 7.01. The van der Waals surface area contributed by atoms with Crippen molar-refractivity contribution in [3.05, 3.63) is 70.2 Å². The molecular formula is C24H19FN2O7. The summed E-state index contributed by atoms with van der Waals surface area (Å²) in [6.07, 6.45) is 2.17. The van der Waals surface area contributed by atoms with Gasteiger partial charge < -0.3 is 26.2 Å². The number of carbonyl (C=O) groups is 3. The lowest BCUT2D eigenvalue weighted by Crippen LogP contribution is -2.57. The standard InChI is InChI=1S/C24H19FN2O7/c25-14-8-27-4-3-12(14)11-1-2-15(28)18-13(11)6-9-5-10-7-16(29)19(23(26)33)22(32)24(10,34)21(31)17(9)20(18)30/h1-4,8-10,28-29,31,34H,5-7H2,(H2,26,33)/t9-,10+,24+/m1/s1. The van der Waals surface area contributed by atoms with Gasteiger partial charge >= 0.3 is 0 Å². The van der Waals surface area contributed by atoms with Crippen LogP contribution in [0.5, 0.6) is 5.75 Å². The van der Waals surface area contributed by atoms with Crippen molar-refractivity contribution in [3.63, 3.8) is 0 Å². The molecule has 1 amide bonds. The van der Waals surface area contributed by atoms with Crippen LogP contribution in [0.4, 0.5) is 4.39 Å². The summed E-state index contributed by atoms with van der Waals surface area (Å²) < 4.78 is 14.5. The fourth-order valence-corrected chi connectivity index (χ4v) is 5.47. The molecule has 6 N–H and O–H groups in total. The van der Waals surface area contributed by atoms with Gasteiger partial charge in [-0.15, -0.1) is 0 Å². The van der Waals surface area contributed by atoms with Gasteiger partial charge in [-0.2, -0.15) is 0 Å². The first-order valence-corrected chi connectivity index (χ1v) is 10.5. The first kappa shape index (κ1) is 21.8. The molecule has 10 heteroatoms. The van der Waals surface area contributed by atoms with Gasteiger partial charge in [-0.3, -0.25) is 19.4 Å². The number of rotatable bonds is 2. The van der Waals surface area contributed by atoms with Crippen LogP contribution in [0.3, 0.4) is 0 Å². The van der Waals surface area contributed by atoms with Crippen molar-refractivity contribution in [2.75, 3.05) is 0 Å². The van der Waals surface area contributed by atoms with E-state index in [-0.39, 0.29) is 36.0 Å². The van der Waals surface area contributed by atoms with Crippen molar-refractivity contribution < 1.29 is 39.2 Å². The zero-order valence-corrected chi connectivity index (χ0v) is 17.6. The van der Waals surface area contributed by atoms with Gasteiger partial charge in [0.15, 0.2) is 11.4 Å². The molecule has 0 fully saturated rings. The third kappa shape index (κ3) is 2.75. The number of Topliss-reactive ketones (excluding diaryl/α,β-unsaturated/α-hetero) is 2. The number of aliphatic hydroxyl groups is 3. The Balaban J connectivity index is 1.70. The molecule has 3 atom stereocenters. The Morgan fingerprint density at radius 2 is 1.85 bits per heavy atom. The number of nitrogens with two attached hydrogens (primary N) is 1. The molecule has 1 heterocycles. The largest absolute Gasteiger partial charge is 0.511 e. The topological polar surface area (TPSA) is 171 Å². The van der Waals surface area contributed by atoms with Gasteiger partial charge in [0, 0.05) is 29.7 Å². The van der Waals surface area contributed by atoms with E-state index in [1.807, 2.05) is 0 Å². The van der Waals surface area contributed by atoms with Gasteiger partial charge in [-0.1, -0.05) is 6.07 Å². The van der Waals surface area contributed by atoms with E-state index in [2.05, 4.69) is 4.98 Å². The molecule has 1 aromatic carbocycles. The number of aromatic hydroxyl groups is 1. The number of nitrogens with zero attached hydrogens (tertiary/aromatic N) is 1. The number of phenols is 1. The molecule has 34 heavy (non-hydrogen) atoms. The van der Waals surface area contributed by atoms with Gasteiger partial charge in [0.05, 0.1) is 11.8 Å². The minimum absolute atomic E-state index is 0.00314. The Morgan fingerprint density at radius 1 is 1.12 bits per heavy atom. The zero-order valence-electron chi connectivity index (χ0n) is 17.6. The van der Waals surface area contributed by atoms with Crippen molar-refractivity contribution in [2.24, 2.45) is 17.6 Å². The molecule has 1 aromatic heterocycles. The summed E-state index contributed by atoms with van der Waals surface area (Å²) in [5.41, 5.74) is 2.16. The number of primary amides is 1. The molecule has 9 nitrogen and oxygen atoms in total. The highest BCUT2D eigenvalue weighted by Gasteiger charge is 2.59. The minimum atomic E-state index is -2.62. The molecule has 0 aliphatic heterocycles. The van der Waals surface area contributed by atoms with Crippen LogP contribution in [0.2, 0.25) is 0 Å². The van der Waals surface area contributed by atoms with Crippen LogP contribution in [0.15, 0.2) is 53.3 Å². The van der Waals surface area contributed by atoms with Gasteiger partial charge in [0.1, 0.15) is 28.7 Å². The van der Waals surface area contributed by atoms with Crippen LogP contribution in [-0.2, 0) is 16.0 Å². The Hall–Kier alpha value is -4.05. The predicted molar refractivity (Wildman–Crippen MR) is 114 cm³/mol. The summed E-state index contributed by atoms with van der Waals surface area (Å²) in [6, 6.07) is 4.14. The molecule has 0 radical (unpaired) electrons. The van der Waals surface area contributed by atoms with Crippen molar-refractivity contribution in [2.45, 2.75) is 24.9 Å². The number of fused-ring (bicyclic) bond motifs is 3. The summed E-state index contributed by atoms with van der Waals surface area (Å²) in [7, 11) is 0. The number of aromatic nitrogens is 1. The Labute approximate surface area is 191 Å². The average Bonchev–Trinajstić information content (AvgIpc) is 2.77. The number of hydrogen-bond donors (Lipinski definition) is 5. The van der Waals surface area contributed by atoms with E-state index in [1.54, 1.807) is 0 Å². The highest BCUT2D eigenvalue weighted by molar-refractivity contribution is 6.24. The van der Waals surface area contributed by atoms with E-state index in [0.717, 1.165) is 6.20 Å². The summed E-state index contributed by atoms with van der Waals surface area (Å²) in [5, 5.41) is 42.9. The number of pyridine rings is 1. The SMILES string of the molecule is NC(=O)C1=C(O)C[C@@H]2C[C@@H]3Cc4c(-c5ccncc5F)ccc(O)c4C(=O)C3=C(O)[C@]2(O)C1=O. The van der Waals surface area contributed by atoms with Crippen LogP contribution >= 0.6 is 0 Å². The lowest BCUT2D eigenvalue weighted by Gasteiger charge is -2.45. The second-order valence-electron chi connectivity index (χ2n) is 8.75. The summed E-state index contributed by atoms with van der Waals surface area (Å²) in [5.74, 6) is -7.67. The fraction of sp³-hybridized carbons (Fsp3) is 0.250. The van der Waals surface area contributed by atoms with Crippen molar-refractivity contribution in [1.29, 1.82) is 0 Å². The highest BCUT2D eigenvalue weighted by Crippen LogP contribution is 2.52. The summed E-state index contributed by atoms with van der Waals surface area (Å²) in [4.78, 5) is 41.9. The molecule has 0 unspecified atom stereocenters. The Morgan fingerprint density at radius 3 is 2.53 bits per heavy atom. The van der Waals surface area contributed by atoms with Crippen LogP contribution in [0.1, 0.15) is 28.8 Å². The molecule has 0 spiro atoms.